The van der Waals surface area contributed by atoms with Gasteiger partial charge in [0.25, 0.3) is 0 Å². The minimum absolute atomic E-state index is 0.0128. The first-order valence-corrected chi connectivity index (χ1v) is 4.52. The zero-order valence-corrected chi connectivity index (χ0v) is 7.33. The van der Waals surface area contributed by atoms with Crippen molar-refractivity contribution in [2.45, 2.75) is 18.5 Å². The van der Waals surface area contributed by atoms with Crippen LogP contribution in [0.15, 0.2) is 24.3 Å². The van der Waals surface area contributed by atoms with Crippen LogP contribution in [0.3, 0.4) is 0 Å². The SMILES string of the molecule is N[C@H]1CCNC1c1ccccc1F. The van der Waals surface area contributed by atoms with Gasteiger partial charge in [0.1, 0.15) is 5.82 Å². The van der Waals surface area contributed by atoms with Gasteiger partial charge in [0.15, 0.2) is 0 Å². The highest BCUT2D eigenvalue weighted by molar-refractivity contribution is 5.23. The van der Waals surface area contributed by atoms with Gasteiger partial charge in [-0.25, -0.2) is 4.39 Å². The normalized spacial score (nSPS) is 27.8. The lowest BCUT2D eigenvalue weighted by Crippen LogP contribution is -2.28. The molecule has 2 nitrogen and oxygen atoms in total. The summed E-state index contributed by atoms with van der Waals surface area (Å²) >= 11 is 0. The third-order valence-electron chi connectivity index (χ3n) is 2.51. The summed E-state index contributed by atoms with van der Waals surface area (Å²) in [4.78, 5) is 0. The van der Waals surface area contributed by atoms with Gasteiger partial charge in [0, 0.05) is 11.6 Å². The molecule has 0 amide bonds. The largest absolute Gasteiger partial charge is 0.326 e. The Morgan fingerprint density at radius 3 is 2.77 bits per heavy atom. The summed E-state index contributed by atoms with van der Waals surface area (Å²) in [6.07, 6.45) is 0.916. The molecule has 0 radical (unpaired) electrons. The van der Waals surface area contributed by atoms with E-state index < -0.39 is 0 Å². The molecular weight excluding hydrogens is 167 g/mol. The number of halogens is 1. The highest BCUT2D eigenvalue weighted by Gasteiger charge is 2.26. The lowest BCUT2D eigenvalue weighted by molar-refractivity contribution is 0.523. The second-order valence-corrected chi connectivity index (χ2v) is 3.41. The number of hydrogen-bond acceptors (Lipinski definition) is 2. The molecule has 0 bridgehead atoms. The Kier molecular flexibility index (Phi) is 2.29. The minimum atomic E-state index is -0.169. The first-order valence-electron chi connectivity index (χ1n) is 4.52. The number of rotatable bonds is 1. The number of benzene rings is 1. The van der Waals surface area contributed by atoms with Crippen LogP contribution < -0.4 is 11.1 Å². The van der Waals surface area contributed by atoms with Crippen molar-refractivity contribution >= 4 is 0 Å². The van der Waals surface area contributed by atoms with E-state index in [0.717, 1.165) is 13.0 Å². The van der Waals surface area contributed by atoms with E-state index in [1.54, 1.807) is 12.1 Å². The summed E-state index contributed by atoms with van der Waals surface area (Å²) < 4.78 is 13.3. The predicted octanol–water partition coefficient (Wildman–Crippen LogP) is 1.19. The van der Waals surface area contributed by atoms with Gasteiger partial charge >= 0.3 is 0 Å². The monoisotopic (exact) mass is 180 g/mol. The molecule has 0 saturated carbocycles. The molecule has 70 valence electrons. The van der Waals surface area contributed by atoms with E-state index in [9.17, 15) is 4.39 Å². The Labute approximate surface area is 76.9 Å². The molecular formula is C10H13FN2. The lowest BCUT2D eigenvalue weighted by Gasteiger charge is -2.16. The molecule has 0 aromatic heterocycles. The van der Waals surface area contributed by atoms with Gasteiger partial charge in [-0.1, -0.05) is 18.2 Å². The fraction of sp³-hybridized carbons (Fsp3) is 0.400. The molecule has 1 aromatic rings. The fourth-order valence-electron chi connectivity index (χ4n) is 1.79. The summed E-state index contributed by atoms with van der Waals surface area (Å²) in [6, 6.07) is 6.82. The molecule has 3 N–H and O–H groups in total. The van der Waals surface area contributed by atoms with Gasteiger partial charge < -0.3 is 11.1 Å². The molecule has 1 unspecified atom stereocenters. The summed E-state index contributed by atoms with van der Waals surface area (Å²) in [5, 5.41) is 3.20. The van der Waals surface area contributed by atoms with E-state index in [1.807, 2.05) is 6.07 Å². The zero-order valence-electron chi connectivity index (χ0n) is 7.33. The van der Waals surface area contributed by atoms with Crippen LogP contribution in [0.25, 0.3) is 0 Å². The Morgan fingerprint density at radius 1 is 1.38 bits per heavy atom. The second-order valence-electron chi connectivity index (χ2n) is 3.41. The summed E-state index contributed by atoms with van der Waals surface area (Å²) in [5.41, 5.74) is 6.54. The maximum absolute atomic E-state index is 13.3. The van der Waals surface area contributed by atoms with Gasteiger partial charge in [-0.2, -0.15) is 0 Å². The number of nitrogens with one attached hydrogen (secondary N) is 1. The van der Waals surface area contributed by atoms with E-state index in [4.69, 9.17) is 5.73 Å². The molecule has 2 rings (SSSR count). The molecule has 0 aliphatic carbocycles. The minimum Gasteiger partial charge on any atom is -0.326 e. The van der Waals surface area contributed by atoms with Gasteiger partial charge in [-0.05, 0) is 19.0 Å². The molecule has 1 aliphatic heterocycles. The average Bonchev–Trinajstić information content (AvgIpc) is 2.52. The van der Waals surface area contributed by atoms with Crippen LogP contribution in [0.4, 0.5) is 4.39 Å². The van der Waals surface area contributed by atoms with Crippen molar-refractivity contribution in [3.05, 3.63) is 35.6 Å². The second kappa shape index (κ2) is 3.44. The van der Waals surface area contributed by atoms with E-state index >= 15 is 0 Å². The van der Waals surface area contributed by atoms with Crippen LogP contribution >= 0.6 is 0 Å². The Hall–Kier alpha value is -0.930. The Bertz CT molecular complexity index is 301. The van der Waals surface area contributed by atoms with Crippen LogP contribution in [-0.2, 0) is 0 Å². The zero-order chi connectivity index (χ0) is 9.26. The van der Waals surface area contributed by atoms with Crippen molar-refractivity contribution in [1.29, 1.82) is 0 Å². The van der Waals surface area contributed by atoms with Crippen molar-refractivity contribution in [3.8, 4) is 0 Å². The van der Waals surface area contributed by atoms with Crippen LogP contribution in [0, 0.1) is 5.82 Å². The Balaban J connectivity index is 2.29. The third kappa shape index (κ3) is 1.57. The van der Waals surface area contributed by atoms with Gasteiger partial charge in [-0.15, -0.1) is 0 Å². The van der Waals surface area contributed by atoms with Gasteiger partial charge in [0.05, 0.1) is 6.04 Å². The number of hydrogen-bond donors (Lipinski definition) is 2. The molecule has 1 heterocycles. The van der Waals surface area contributed by atoms with Crippen LogP contribution in [-0.4, -0.2) is 12.6 Å². The molecule has 2 atom stereocenters. The standard InChI is InChI=1S/C10H13FN2/c11-8-4-2-1-3-7(8)10-9(12)5-6-13-10/h1-4,9-10,13H,5-6,12H2/t9-,10?/m0/s1. The molecule has 1 aliphatic rings. The van der Waals surface area contributed by atoms with E-state index in [-0.39, 0.29) is 17.9 Å². The molecule has 13 heavy (non-hydrogen) atoms. The first kappa shape index (κ1) is 8.66. The summed E-state index contributed by atoms with van der Waals surface area (Å²) in [6.45, 7) is 0.875. The Morgan fingerprint density at radius 2 is 2.15 bits per heavy atom. The van der Waals surface area contributed by atoms with Gasteiger partial charge in [-0.3, -0.25) is 0 Å². The highest BCUT2D eigenvalue weighted by atomic mass is 19.1. The molecule has 1 fully saturated rings. The van der Waals surface area contributed by atoms with Crippen molar-refractivity contribution in [2.24, 2.45) is 5.73 Å². The van der Waals surface area contributed by atoms with Crippen molar-refractivity contribution in [2.75, 3.05) is 6.54 Å². The highest BCUT2D eigenvalue weighted by Crippen LogP contribution is 2.24. The molecule has 1 aromatic carbocycles. The predicted molar refractivity (Wildman–Crippen MR) is 49.7 cm³/mol. The van der Waals surface area contributed by atoms with Gasteiger partial charge in [0.2, 0.25) is 0 Å². The first-order chi connectivity index (χ1) is 6.29. The van der Waals surface area contributed by atoms with Crippen molar-refractivity contribution in [1.82, 2.24) is 5.32 Å². The summed E-state index contributed by atoms with van der Waals surface area (Å²) in [7, 11) is 0. The molecule has 0 spiro atoms. The van der Waals surface area contributed by atoms with E-state index in [1.165, 1.54) is 6.07 Å². The average molecular weight is 180 g/mol. The fourth-order valence-corrected chi connectivity index (χ4v) is 1.79. The van der Waals surface area contributed by atoms with E-state index in [2.05, 4.69) is 5.32 Å². The van der Waals surface area contributed by atoms with Crippen LogP contribution in [0.5, 0.6) is 0 Å². The van der Waals surface area contributed by atoms with Crippen molar-refractivity contribution in [3.63, 3.8) is 0 Å². The van der Waals surface area contributed by atoms with Crippen LogP contribution in [0.2, 0.25) is 0 Å². The topological polar surface area (TPSA) is 38.0 Å². The molecule has 1 saturated heterocycles. The maximum atomic E-state index is 13.3. The van der Waals surface area contributed by atoms with Crippen LogP contribution in [0.1, 0.15) is 18.0 Å². The van der Waals surface area contributed by atoms with Crippen molar-refractivity contribution < 1.29 is 4.39 Å². The third-order valence-corrected chi connectivity index (χ3v) is 2.51. The smallest absolute Gasteiger partial charge is 0.128 e. The number of nitrogens with two attached hydrogens (primary N) is 1. The maximum Gasteiger partial charge on any atom is 0.128 e. The summed E-state index contributed by atoms with van der Waals surface area (Å²) in [5.74, 6) is -0.169. The molecule has 3 heteroatoms. The lowest BCUT2D eigenvalue weighted by atomic mass is 10.0. The quantitative estimate of drug-likeness (QED) is 0.681. The van der Waals surface area contributed by atoms with E-state index in [0.29, 0.717) is 5.56 Å².